The molecular formula is C20H28N4O6P-. The van der Waals surface area contributed by atoms with E-state index in [4.69, 9.17) is 0 Å². The third-order valence-electron chi connectivity index (χ3n) is 5.52. The Kier molecular flexibility index (Phi) is 7.85. The van der Waals surface area contributed by atoms with Gasteiger partial charge in [0, 0.05) is 43.4 Å². The fraction of sp³-hybridized carbons (Fsp3) is 0.500. The van der Waals surface area contributed by atoms with Crippen molar-refractivity contribution in [2.75, 3.05) is 26.2 Å². The molecule has 0 saturated carbocycles. The first kappa shape index (κ1) is 23.4. The van der Waals surface area contributed by atoms with E-state index in [9.17, 15) is 23.9 Å². The van der Waals surface area contributed by atoms with E-state index in [1.807, 2.05) is 30.5 Å². The lowest BCUT2D eigenvalue weighted by atomic mass is 10.1. The molecule has 0 bridgehead atoms. The van der Waals surface area contributed by atoms with E-state index >= 15 is 0 Å². The van der Waals surface area contributed by atoms with Crippen LogP contribution in [0.4, 0.5) is 0 Å². The number of para-hydroxylation sites is 1. The summed E-state index contributed by atoms with van der Waals surface area (Å²) in [5.41, 5.74) is 2.19. The van der Waals surface area contributed by atoms with Crippen LogP contribution in [0.1, 0.15) is 25.3 Å². The Bertz CT molecular complexity index is 958. The Morgan fingerprint density at radius 1 is 1.35 bits per heavy atom. The van der Waals surface area contributed by atoms with Crippen LogP contribution in [0.25, 0.3) is 10.9 Å². The second-order valence-electron chi connectivity index (χ2n) is 7.85. The number of rotatable bonds is 10. The van der Waals surface area contributed by atoms with Gasteiger partial charge in [-0.15, -0.1) is 0 Å². The van der Waals surface area contributed by atoms with Crippen LogP contribution in [-0.2, 0) is 25.1 Å². The summed E-state index contributed by atoms with van der Waals surface area (Å²) in [6, 6.07) is 7.01. The van der Waals surface area contributed by atoms with Crippen LogP contribution in [-0.4, -0.2) is 55.1 Å². The summed E-state index contributed by atoms with van der Waals surface area (Å²) in [6.07, 6.45) is 4.18. The highest BCUT2D eigenvalue weighted by molar-refractivity contribution is 7.43. The van der Waals surface area contributed by atoms with Gasteiger partial charge in [-0.2, -0.15) is 0 Å². The third-order valence-corrected chi connectivity index (χ3v) is 5.98. The van der Waals surface area contributed by atoms with Gasteiger partial charge in [0.15, 0.2) is 6.04 Å². The zero-order valence-corrected chi connectivity index (χ0v) is 18.3. The molecule has 10 nitrogen and oxygen atoms in total. The van der Waals surface area contributed by atoms with Crippen LogP contribution in [0, 0.1) is 0 Å². The number of nitrogens with one attached hydrogen (secondary N) is 4. The second kappa shape index (κ2) is 10.4. The lowest BCUT2D eigenvalue weighted by molar-refractivity contribution is -0.904. The minimum Gasteiger partial charge on any atom is -0.790 e. The number of amides is 2. The van der Waals surface area contributed by atoms with E-state index in [1.165, 1.54) is 6.92 Å². The van der Waals surface area contributed by atoms with Crippen molar-refractivity contribution in [2.45, 2.75) is 38.3 Å². The molecule has 2 aromatic rings. The molecule has 1 fully saturated rings. The highest BCUT2D eigenvalue weighted by Crippen LogP contribution is 2.24. The van der Waals surface area contributed by atoms with Crippen LogP contribution >= 0.6 is 7.82 Å². The number of carbonyl (C=O) groups excluding carboxylic acids is 2. The van der Waals surface area contributed by atoms with Crippen molar-refractivity contribution in [3.8, 4) is 0 Å². The number of likely N-dealkylation sites (tertiary alicyclic amines) is 1. The van der Waals surface area contributed by atoms with Gasteiger partial charge < -0.3 is 39.4 Å². The predicted octanol–water partition coefficient (Wildman–Crippen LogP) is -1.78. The molecule has 2 amide bonds. The molecule has 3 atom stereocenters. The Morgan fingerprint density at radius 3 is 2.87 bits per heavy atom. The number of aromatic nitrogens is 1. The van der Waals surface area contributed by atoms with Crippen LogP contribution < -0.4 is 25.3 Å². The standard InChI is InChI=1S/C20H29N4O6P/c1-14(25)23-16(13-30-31(27,28)29)12-24-10-4-7-19(24)20(26)21-9-8-15-11-22-18-6-3-2-5-17(15)18/h2-3,5-6,11,16,19,22H,4,7-10,12-13H2,1H3,(H,21,26)(H,23,25)(H2,27,28,29)/p-1/t16-,19+/m1/s1. The van der Waals surface area contributed by atoms with Gasteiger partial charge >= 0.3 is 0 Å². The van der Waals surface area contributed by atoms with Crippen molar-refractivity contribution in [2.24, 2.45) is 0 Å². The first-order chi connectivity index (χ1) is 14.7. The summed E-state index contributed by atoms with van der Waals surface area (Å²) in [7, 11) is -5.14. The summed E-state index contributed by atoms with van der Waals surface area (Å²) >= 11 is 0. The predicted molar refractivity (Wildman–Crippen MR) is 110 cm³/mol. The van der Waals surface area contributed by atoms with Crippen LogP contribution in [0.5, 0.6) is 0 Å². The maximum Gasteiger partial charge on any atom is 0.278 e. The minimum atomic E-state index is -5.14. The second-order valence-corrected chi connectivity index (χ2v) is 9.00. The van der Waals surface area contributed by atoms with E-state index in [-0.39, 0.29) is 17.9 Å². The highest BCUT2D eigenvalue weighted by Gasteiger charge is 2.36. The van der Waals surface area contributed by atoms with Crippen molar-refractivity contribution >= 4 is 30.5 Å². The SMILES string of the molecule is CC(=O)N[C@@H](COP(=O)([O-])[O-])C[NH+]1CCC[C@H]1C(=O)NCCc1c[nH]c2ccccc12. The zero-order chi connectivity index (χ0) is 22.4. The average Bonchev–Trinajstić information content (AvgIpc) is 3.32. The molecule has 170 valence electrons. The van der Waals surface area contributed by atoms with Crippen molar-refractivity contribution in [3.63, 3.8) is 0 Å². The van der Waals surface area contributed by atoms with Crippen LogP contribution in [0.15, 0.2) is 30.5 Å². The number of quaternary nitrogens is 1. The number of H-pyrrole nitrogens is 1. The Morgan fingerprint density at radius 2 is 2.13 bits per heavy atom. The fourth-order valence-corrected chi connectivity index (χ4v) is 4.55. The Labute approximate surface area is 180 Å². The molecule has 1 saturated heterocycles. The molecule has 0 radical (unpaired) electrons. The molecule has 31 heavy (non-hydrogen) atoms. The van der Waals surface area contributed by atoms with Gasteiger partial charge in [-0.1, -0.05) is 18.2 Å². The summed E-state index contributed by atoms with van der Waals surface area (Å²) in [6.45, 7) is 2.36. The normalized spacial score (nSPS) is 20.0. The Hall–Kier alpha value is -2.23. The first-order valence-corrected chi connectivity index (χ1v) is 11.8. The maximum atomic E-state index is 12.8. The summed E-state index contributed by atoms with van der Waals surface area (Å²) in [4.78, 5) is 49.9. The number of hydrogen-bond donors (Lipinski definition) is 4. The van der Waals surface area contributed by atoms with Gasteiger partial charge in [-0.05, 0) is 18.1 Å². The molecular weight excluding hydrogens is 423 g/mol. The molecule has 0 aliphatic carbocycles. The number of hydrogen-bond acceptors (Lipinski definition) is 6. The minimum absolute atomic E-state index is 0.0758. The lowest BCUT2D eigenvalue weighted by Gasteiger charge is -2.32. The van der Waals surface area contributed by atoms with Crippen LogP contribution in [0.2, 0.25) is 0 Å². The van der Waals surface area contributed by atoms with Gasteiger partial charge in [0.1, 0.15) is 12.6 Å². The van der Waals surface area contributed by atoms with Crippen molar-refractivity contribution < 1.29 is 33.4 Å². The molecule has 11 heteroatoms. The maximum absolute atomic E-state index is 12.8. The van der Waals surface area contributed by atoms with Gasteiger partial charge in [-0.3, -0.25) is 9.59 Å². The van der Waals surface area contributed by atoms with Crippen LogP contribution in [0.3, 0.4) is 0 Å². The number of phosphoric ester groups is 1. The monoisotopic (exact) mass is 451 g/mol. The van der Waals surface area contributed by atoms with E-state index in [0.29, 0.717) is 32.5 Å². The molecule has 1 aliphatic rings. The lowest BCUT2D eigenvalue weighted by Crippen LogP contribution is -3.16. The van der Waals surface area contributed by atoms with Gasteiger partial charge in [0.25, 0.3) is 5.91 Å². The summed E-state index contributed by atoms with van der Waals surface area (Å²) < 4.78 is 15.1. The third kappa shape index (κ3) is 6.88. The quantitative estimate of drug-likeness (QED) is 0.314. The van der Waals surface area contributed by atoms with E-state index in [0.717, 1.165) is 27.8 Å². The molecule has 1 unspecified atom stereocenters. The number of benzene rings is 1. The summed E-state index contributed by atoms with van der Waals surface area (Å²) in [5.74, 6) is -0.438. The van der Waals surface area contributed by atoms with Gasteiger partial charge in [0.05, 0.1) is 21.0 Å². The van der Waals surface area contributed by atoms with Crippen molar-refractivity contribution in [1.82, 2.24) is 15.6 Å². The number of aromatic amines is 1. The highest BCUT2D eigenvalue weighted by atomic mass is 31.2. The Balaban J connectivity index is 1.53. The molecule has 1 aromatic heterocycles. The van der Waals surface area contributed by atoms with Gasteiger partial charge in [-0.25, -0.2) is 0 Å². The van der Waals surface area contributed by atoms with E-state index in [1.54, 1.807) is 0 Å². The summed E-state index contributed by atoms with van der Waals surface area (Å²) in [5, 5.41) is 6.73. The molecule has 0 spiro atoms. The first-order valence-electron chi connectivity index (χ1n) is 10.3. The number of phosphoric acid groups is 1. The van der Waals surface area contributed by atoms with Crippen molar-refractivity contribution in [1.29, 1.82) is 0 Å². The molecule has 2 heterocycles. The number of carbonyl (C=O) groups is 2. The molecule has 4 N–H and O–H groups in total. The zero-order valence-electron chi connectivity index (χ0n) is 17.4. The smallest absolute Gasteiger partial charge is 0.278 e. The topological polar surface area (TPSA) is 151 Å². The molecule has 3 rings (SSSR count). The molecule has 1 aliphatic heterocycles. The largest absolute Gasteiger partial charge is 0.790 e. The van der Waals surface area contributed by atoms with Crippen molar-refractivity contribution in [3.05, 3.63) is 36.0 Å². The van der Waals surface area contributed by atoms with Gasteiger partial charge in [0.2, 0.25) is 5.91 Å². The fourth-order valence-electron chi connectivity index (χ4n) is 4.19. The van der Waals surface area contributed by atoms with E-state index < -0.39 is 20.5 Å². The average molecular weight is 451 g/mol. The van der Waals surface area contributed by atoms with E-state index in [2.05, 4.69) is 20.1 Å². The number of fused-ring (bicyclic) bond motifs is 1. The molecule has 1 aromatic carbocycles.